The Labute approximate surface area is 107 Å². The lowest BCUT2D eigenvalue weighted by molar-refractivity contribution is -0.138. The van der Waals surface area contributed by atoms with Crippen molar-refractivity contribution in [1.82, 2.24) is 15.8 Å². The normalized spacial score (nSPS) is 11.8. The van der Waals surface area contributed by atoms with E-state index in [1.165, 1.54) is 13.8 Å². The molecule has 0 aliphatic carbocycles. The Morgan fingerprint density at radius 1 is 1.42 bits per heavy atom. The Morgan fingerprint density at radius 2 is 2.05 bits per heavy atom. The lowest BCUT2D eigenvalue weighted by Gasteiger charge is -2.19. The largest absolute Gasteiger partial charge is 0.417 e. The van der Waals surface area contributed by atoms with E-state index in [1.54, 1.807) is 0 Å². The number of halogens is 3. The molecule has 1 amide bonds. The molecule has 0 saturated heterocycles. The molecule has 1 rings (SSSR count). The molecule has 5 nitrogen and oxygen atoms in total. The smallest absolute Gasteiger partial charge is 0.286 e. The minimum absolute atomic E-state index is 0.615. The van der Waals surface area contributed by atoms with Gasteiger partial charge < -0.3 is 0 Å². The number of nitriles is 1. The van der Waals surface area contributed by atoms with E-state index in [4.69, 9.17) is 5.26 Å². The van der Waals surface area contributed by atoms with Gasteiger partial charge in [0.25, 0.3) is 5.91 Å². The average Bonchev–Trinajstić information content (AvgIpc) is 2.35. The van der Waals surface area contributed by atoms with Crippen LogP contribution < -0.4 is 10.9 Å². The number of rotatable bonds is 3. The third-order valence-corrected chi connectivity index (χ3v) is 2.14. The van der Waals surface area contributed by atoms with E-state index in [-0.39, 0.29) is 0 Å². The van der Waals surface area contributed by atoms with Crippen LogP contribution in [0.2, 0.25) is 0 Å². The van der Waals surface area contributed by atoms with Crippen LogP contribution in [0.5, 0.6) is 0 Å². The van der Waals surface area contributed by atoms with Gasteiger partial charge in [0.05, 0.1) is 17.2 Å². The molecule has 0 aliphatic heterocycles. The van der Waals surface area contributed by atoms with Crippen LogP contribution in [-0.2, 0) is 6.18 Å². The molecule has 0 bridgehead atoms. The van der Waals surface area contributed by atoms with Gasteiger partial charge in [-0.05, 0) is 19.9 Å². The fourth-order valence-electron chi connectivity index (χ4n) is 1.13. The van der Waals surface area contributed by atoms with Crippen LogP contribution in [0.15, 0.2) is 18.5 Å². The van der Waals surface area contributed by atoms with E-state index in [2.05, 4.69) is 15.8 Å². The molecular formula is C11H11F3N4O. The molecule has 102 valence electrons. The second-order valence-electron chi connectivity index (χ2n) is 4.23. The monoisotopic (exact) mass is 272 g/mol. The minimum Gasteiger partial charge on any atom is -0.286 e. The summed E-state index contributed by atoms with van der Waals surface area (Å²) in [6.07, 6.45) is -2.88. The van der Waals surface area contributed by atoms with Gasteiger partial charge in [-0.2, -0.15) is 18.4 Å². The number of amides is 1. The van der Waals surface area contributed by atoms with Crippen molar-refractivity contribution in [2.24, 2.45) is 0 Å². The maximum Gasteiger partial charge on any atom is 0.417 e. The SMILES string of the molecule is CC(C)(C#N)NNC(=O)c1cnccc1C(F)(F)F. The van der Waals surface area contributed by atoms with E-state index < -0.39 is 28.7 Å². The highest BCUT2D eigenvalue weighted by molar-refractivity contribution is 5.95. The van der Waals surface area contributed by atoms with E-state index in [0.717, 1.165) is 12.4 Å². The number of nitrogens with zero attached hydrogens (tertiary/aromatic N) is 2. The highest BCUT2D eigenvalue weighted by Gasteiger charge is 2.35. The minimum atomic E-state index is -4.65. The second-order valence-corrected chi connectivity index (χ2v) is 4.23. The molecule has 0 aromatic carbocycles. The lowest BCUT2D eigenvalue weighted by atomic mass is 10.1. The molecule has 2 N–H and O–H groups in total. The molecule has 0 atom stereocenters. The first-order valence-corrected chi connectivity index (χ1v) is 5.17. The van der Waals surface area contributed by atoms with Crippen molar-refractivity contribution < 1.29 is 18.0 Å². The average molecular weight is 272 g/mol. The Balaban J connectivity index is 2.93. The molecular weight excluding hydrogens is 261 g/mol. The third-order valence-electron chi connectivity index (χ3n) is 2.14. The van der Waals surface area contributed by atoms with Crippen molar-refractivity contribution in [3.63, 3.8) is 0 Å². The number of alkyl halides is 3. The quantitative estimate of drug-likeness (QED) is 0.820. The summed E-state index contributed by atoms with van der Waals surface area (Å²) in [4.78, 5) is 15.1. The van der Waals surface area contributed by atoms with E-state index >= 15 is 0 Å². The molecule has 0 radical (unpaired) electrons. The highest BCUT2D eigenvalue weighted by atomic mass is 19.4. The summed E-state index contributed by atoms with van der Waals surface area (Å²) in [6, 6.07) is 2.54. The lowest BCUT2D eigenvalue weighted by Crippen LogP contribution is -2.50. The molecule has 1 heterocycles. The highest BCUT2D eigenvalue weighted by Crippen LogP contribution is 2.31. The van der Waals surface area contributed by atoms with Crippen molar-refractivity contribution in [2.75, 3.05) is 0 Å². The summed E-state index contributed by atoms with van der Waals surface area (Å²) in [6.45, 7) is 2.92. The standard InChI is InChI=1S/C11H11F3N4O/c1-10(2,6-15)18-17-9(19)7-5-16-4-3-8(7)11(12,13)14/h3-5,18H,1-2H3,(H,17,19). The molecule has 8 heteroatoms. The maximum absolute atomic E-state index is 12.7. The number of hydrogen-bond donors (Lipinski definition) is 2. The first-order valence-electron chi connectivity index (χ1n) is 5.17. The Bertz CT molecular complexity index is 519. The zero-order chi connectivity index (χ0) is 14.7. The maximum atomic E-state index is 12.7. The van der Waals surface area contributed by atoms with Crippen molar-refractivity contribution in [3.8, 4) is 6.07 Å². The number of hydrogen-bond acceptors (Lipinski definition) is 4. The molecule has 0 fully saturated rings. The predicted molar refractivity (Wildman–Crippen MR) is 59.5 cm³/mol. The van der Waals surface area contributed by atoms with Crippen molar-refractivity contribution >= 4 is 5.91 Å². The summed E-state index contributed by atoms with van der Waals surface area (Å²) in [7, 11) is 0. The van der Waals surface area contributed by atoms with Gasteiger partial charge in [0, 0.05) is 12.4 Å². The second kappa shape index (κ2) is 5.24. The Hall–Kier alpha value is -2.14. The number of hydrazine groups is 1. The van der Waals surface area contributed by atoms with Gasteiger partial charge in [0.15, 0.2) is 0 Å². The summed E-state index contributed by atoms with van der Waals surface area (Å²) < 4.78 is 38.0. The van der Waals surface area contributed by atoms with Gasteiger partial charge in [0.1, 0.15) is 5.54 Å². The van der Waals surface area contributed by atoms with Crippen molar-refractivity contribution in [1.29, 1.82) is 5.26 Å². The van der Waals surface area contributed by atoms with E-state index in [0.29, 0.717) is 6.07 Å². The predicted octanol–water partition coefficient (Wildman–Crippen LogP) is 1.64. The molecule has 0 spiro atoms. The number of carbonyl (C=O) groups is 1. The van der Waals surface area contributed by atoms with Crippen LogP contribution >= 0.6 is 0 Å². The van der Waals surface area contributed by atoms with Crippen molar-refractivity contribution in [2.45, 2.75) is 25.6 Å². The number of aromatic nitrogens is 1. The fourth-order valence-corrected chi connectivity index (χ4v) is 1.13. The molecule has 1 aromatic heterocycles. The van der Waals surface area contributed by atoms with E-state index in [9.17, 15) is 18.0 Å². The van der Waals surface area contributed by atoms with Crippen LogP contribution in [0, 0.1) is 11.3 Å². The summed E-state index contributed by atoms with van der Waals surface area (Å²) in [5.41, 5.74) is 1.58. The first-order chi connectivity index (χ1) is 8.67. The van der Waals surface area contributed by atoms with E-state index in [1.807, 2.05) is 6.07 Å². The Kier molecular flexibility index (Phi) is 4.11. The topological polar surface area (TPSA) is 77.8 Å². The van der Waals surface area contributed by atoms with Crippen LogP contribution in [0.25, 0.3) is 0 Å². The summed E-state index contributed by atoms with van der Waals surface area (Å²) in [5.74, 6) is -1.01. The zero-order valence-electron chi connectivity index (χ0n) is 10.2. The first kappa shape index (κ1) is 14.9. The zero-order valence-corrected chi connectivity index (χ0v) is 10.2. The van der Waals surface area contributed by atoms with Gasteiger partial charge in [-0.1, -0.05) is 0 Å². The number of pyridine rings is 1. The molecule has 0 aliphatic rings. The van der Waals surface area contributed by atoms with Gasteiger partial charge >= 0.3 is 6.18 Å². The molecule has 0 saturated carbocycles. The summed E-state index contributed by atoms with van der Waals surface area (Å²) >= 11 is 0. The van der Waals surface area contributed by atoms with Gasteiger partial charge in [-0.15, -0.1) is 0 Å². The third kappa shape index (κ3) is 3.93. The van der Waals surface area contributed by atoms with Crippen molar-refractivity contribution in [3.05, 3.63) is 29.6 Å². The van der Waals surface area contributed by atoms with Crippen LogP contribution in [0.1, 0.15) is 29.8 Å². The fraction of sp³-hybridized carbons (Fsp3) is 0.364. The van der Waals surface area contributed by atoms with Crippen LogP contribution in [0.4, 0.5) is 13.2 Å². The van der Waals surface area contributed by atoms with Gasteiger partial charge in [-0.3, -0.25) is 15.2 Å². The molecule has 19 heavy (non-hydrogen) atoms. The number of nitrogens with one attached hydrogen (secondary N) is 2. The van der Waals surface area contributed by atoms with Gasteiger partial charge in [-0.25, -0.2) is 5.43 Å². The molecule has 0 unspecified atom stereocenters. The van der Waals surface area contributed by atoms with Gasteiger partial charge in [0.2, 0.25) is 0 Å². The Morgan fingerprint density at radius 3 is 2.58 bits per heavy atom. The summed E-state index contributed by atoms with van der Waals surface area (Å²) in [5, 5.41) is 8.71. The molecule has 1 aromatic rings. The van der Waals surface area contributed by atoms with Crippen LogP contribution in [-0.4, -0.2) is 16.4 Å². The van der Waals surface area contributed by atoms with Crippen LogP contribution in [0.3, 0.4) is 0 Å². The number of carbonyl (C=O) groups excluding carboxylic acids is 1.